The highest BCUT2D eigenvalue weighted by atomic mass is 31.2. The second-order valence-electron chi connectivity index (χ2n) is 8.13. The summed E-state index contributed by atoms with van der Waals surface area (Å²) in [5.41, 5.74) is -1.93. The van der Waals surface area contributed by atoms with Gasteiger partial charge in [-0.1, -0.05) is 103 Å². The summed E-state index contributed by atoms with van der Waals surface area (Å²) >= 11 is 0. The number of aliphatic hydroxyl groups is 1. The first-order chi connectivity index (χ1) is 14.4. The Balaban J connectivity index is 3.24. The fourth-order valence-corrected chi connectivity index (χ4v) is 3.75. The molecule has 0 spiro atoms. The first-order valence-corrected chi connectivity index (χ1v) is 13.4. The van der Waals surface area contributed by atoms with Crippen LogP contribution >= 0.6 is 7.60 Å². The van der Waals surface area contributed by atoms with E-state index in [9.17, 15) is 14.5 Å². The van der Waals surface area contributed by atoms with Gasteiger partial charge in [0.25, 0.3) is 0 Å². The average molecular weight is 453 g/mol. The fraction of sp³-hybridized carbons (Fsp3) is 0.955. The largest absolute Gasteiger partial charge is 0.472 e. The molecule has 1 unspecified atom stereocenters. The van der Waals surface area contributed by atoms with E-state index in [1.807, 2.05) is 0 Å². The SMILES string of the molecule is CCCCCCCCCCCCCCCCCCOC[C@H](O)COP(=O)(O)C(=O)O. The number of rotatable bonds is 23. The van der Waals surface area contributed by atoms with E-state index < -0.39 is 26.0 Å². The molecule has 0 aromatic heterocycles. The van der Waals surface area contributed by atoms with Crippen LogP contribution in [-0.2, 0) is 13.8 Å². The summed E-state index contributed by atoms with van der Waals surface area (Å²) in [7, 11) is -4.70. The molecule has 7 nitrogen and oxygen atoms in total. The zero-order valence-electron chi connectivity index (χ0n) is 18.9. The maximum absolute atomic E-state index is 11.0. The van der Waals surface area contributed by atoms with Crippen LogP contribution < -0.4 is 0 Å². The molecule has 0 bridgehead atoms. The Labute approximate surface area is 183 Å². The Morgan fingerprint density at radius 1 is 0.767 bits per heavy atom. The van der Waals surface area contributed by atoms with Gasteiger partial charge in [-0.15, -0.1) is 0 Å². The van der Waals surface area contributed by atoms with Gasteiger partial charge in [0, 0.05) is 6.61 Å². The highest BCUT2D eigenvalue weighted by Gasteiger charge is 2.30. The molecule has 30 heavy (non-hydrogen) atoms. The standard InChI is InChI=1S/C22H45O7P/c1-2-3-4-5-6-7-8-9-10-11-12-13-14-15-16-17-18-28-19-21(23)20-29-30(26,27)22(24)25/h21,23H,2-20H2,1H3,(H,24,25)(H,26,27)/t21-/m0/s1. The minimum Gasteiger partial charge on any atom is -0.472 e. The van der Waals surface area contributed by atoms with Crippen LogP contribution in [0.25, 0.3) is 0 Å². The molecule has 0 aliphatic heterocycles. The van der Waals surface area contributed by atoms with Crippen LogP contribution in [0, 0.1) is 0 Å². The summed E-state index contributed by atoms with van der Waals surface area (Å²) in [4.78, 5) is 19.4. The summed E-state index contributed by atoms with van der Waals surface area (Å²) in [5, 5.41) is 18.0. The number of aliphatic hydroxyl groups excluding tert-OH is 1. The summed E-state index contributed by atoms with van der Waals surface area (Å²) in [6.07, 6.45) is 19.7. The highest BCUT2D eigenvalue weighted by Crippen LogP contribution is 2.42. The van der Waals surface area contributed by atoms with Crippen LogP contribution in [0.4, 0.5) is 4.79 Å². The van der Waals surface area contributed by atoms with Gasteiger partial charge in [-0.2, -0.15) is 0 Å². The van der Waals surface area contributed by atoms with Crippen molar-refractivity contribution >= 4 is 13.3 Å². The van der Waals surface area contributed by atoms with E-state index in [2.05, 4.69) is 11.4 Å². The van der Waals surface area contributed by atoms with Crippen molar-refractivity contribution in [2.75, 3.05) is 19.8 Å². The van der Waals surface area contributed by atoms with E-state index in [0.717, 1.165) is 12.8 Å². The average Bonchev–Trinajstić information content (AvgIpc) is 2.71. The van der Waals surface area contributed by atoms with E-state index in [0.29, 0.717) is 6.61 Å². The van der Waals surface area contributed by atoms with E-state index >= 15 is 0 Å². The molecule has 0 saturated heterocycles. The lowest BCUT2D eigenvalue weighted by Crippen LogP contribution is -2.22. The number of hydrogen-bond acceptors (Lipinski definition) is 5. The van der Waals surface area contributed by atoms with Crippen LogP contribution in [0.1, 0.15) is 110 Å². The Hall–Kier alpha value is -0.460. The second-order valence-corrected chi connectivity index (χ2v) is 9.81. The van der Waals surface area contributed by atoms with Crippen molar-refractivity contribution in [3.05, 3.63) is 0 Å². The summed E-state index contributed by atoms with van der Waals surface area (Å²) in [6, 6.07) is 0. The number of unbranched alkanes of at least 4 members (excludes halogenated alkanes) is 15. The molecule has 8 heteroatoms. The molecule has 0 heterocycles. The second kappa shape index (κ2) is 20.4. The number of carboxylic acid groups (broad SMARTS) is 1. The van der Waals surface area contributed by atoms with E-state index in [1.54, 1.807) is 0 Å². The van der Waals surface area contributed by atoms with Crippen molar-refractivity contribution in [3.8, 4) is 0 Å². The lowest BCUT2D eigenvalue weighted by Gasteiger charge is -2.13. The van der Waals surface area contributed by atoms with Gasteiger partial charge in [0.15, 0.2) is 0 Å². The quantitative estimate of drug-likeness (QED) is 0.120. The highest BCUT2D eigenvalue weighted by molar-refractivity contribution is 7.70. The third-order valence-electron chi connectivity index (χ3n) is 5.14. The Kier molecular flexibility index (Phi) is 20.1. The minimum absolute atomic E-state index is 0.0433. The van der Waals surface area contributed by atoms with Crippen LogP contribution in [0.15, 0.2) is 0 Å². The monoisotopic (exact) mass is 452 g/mol. The molecule has 0 radical (unpaired) electrons. The van der Waals surface area contributed by atoms with Crippen molar-refractivity contribution in [2.45, 2.75) is 116 Å². The molecule has 0 aliphatic rings. The molecule has 0 fully saturated rings. The smallest absolute Gasteiger partial charge is 0.435 e. The number of carbonyl (C=O) groups is 1. The molecule has 0 aromatic carbocycles. The van der Waals surface area contributed by atoms with Gasteiger partial charge in [0.2, 0.25) is 0 Å². The van der Waals surface area contributed by atoms with Gasteiger partial charge in [0.05, 0.1) is 13.2 Å². The molecule has 3 N–H and O–H groups in total. The van der Waals surface area contributed by atoms with Gasteiger partial charge in [-0.05, 0) is 6.42 Å². The zero-order chi connectivity index (χ0) is 22.5. The topological polar surface area (TPSA) is 113 Å². The molecular weight excluding hydrogens is 407 g/mol. The van der Waals surface area contributed by atoms with Crippen molar-refractivity contribution < 1.29 is 33.7 Å². The van der Waals surface area contributed by atoms with Gasteiger partial charge in [-0.3, -0.25) is 4.52 Å². The van der Waals surface area contributed by atoms with Crippen LogP contribution in [-0.4, -0.2) is 46.7 Å². The van der Waals surface area contributed by atoms with Crippen LogP contribution in [0.2, 0.25) is 0 Å². The van der Waals surface area contributed by atoms with Gasteiger partial charge in [-0.25, -0.2) is 9.36 Å². The van der Waals surface area contributed by atoms with Gasteiger partial charge < -0.3 is 19.8 Å². The van der Waals surface area contributed by atoms with Gasteiger partial charge in [0.1, 0.15) is 6.10 Å². The summed E-state index contributed by atoms with van der Waals surface area (Å²) in [6.45, 7) is 2.18. The first kappa shape index (κ1) is 29.5. The molecule has 0 saturated carbocycles. The fourth-order valence-electron chi connectivity index (χ4n) is 3.26. The molecule has 0 rings (SSSR count). The van der Waals surface area contributed by atoms with E-state index in [4.69, 9.17) is 14.7 Å². The Morgan fingerprint density at radius 2 is 1.17 bits per heavy atom. The lowest BCUT2D eigenvalue weighted by atomic mass is 10.0. The van der Waals surface area contributed by atoms with E-state index in [1.165, 1.54) is 89.9 Å². The first-order valence-electron chi connectivity index (χ1n) is 11.9. The Morgan fingerprint density at radius 3 is 1.57 bits per heavy atom. The van der Waals surface area contributed by atoms with Crippen molar-refractivity contribution in [2.24, 2.45) is 0 Å². The van der Waals surface area contributed by atoms with Gasteiger partial charge >= 0.3 is 13.3 Å². The normalized spacial score (nSPS) is 14.5. The molecule has 0 amide bonds. The summed E-state index contributed by atoms with van der Waals surface area (Å²) < 4.78 is 20.7. The molecule has 2 atom stereocenters. The minimum atomic E-state index is -4.70. The molecule has 0 aromatic rings. The predicted molar refractivity (Wildman–Crippen MR) is 120 cm³/mol. The maximum atomic E-state index is 11.0. The maximum Gasteiger partial charge on any atom is 0.435 e. The van der Waals surface area contributed by atoms with E-state index in [-0.39, 0.29) is 6.61 Å². The van der Waals surface area contributed by atoms with Crippen LogP contribution in [0.5, 0.6) is 0 Å². The molecular formula is C22H45O7P. The number of ether oxygens (including phenoxy) is 1. The van der Waals surface area contributed by atoms with Crippen LogP contribution in [0.3, 0.4) is 0 Å². The lowest BCUT2D eigenvalue weighted by molar-refractivity contribution is 0.00899. The predicted octanol–water partition coefficient (Wildman–Crippen LogP) is 6.51. The molecule has 180 valence electrons. The summed E-state index contributed by atoms with van der Waals surface area (Å²) in [5.74, 6) is 0. The zero-order valence-corrected chi connectivity index (χ0v) is 19.8. The van der Waals surface area contributed by atoms with Crippen molar-refractivity contribution in [1.82, 2.24) is 0 Å². The van der Waals surface area contributed by atoms with Crippen molar-refractivity contribution in [3.63, 3.8) is 0 Å². The third-order valence-corrected chi connectivity index (χ3v) is 6.12. The third kappa shape index (κ3) is 19.5. The van der Waals surface area contributed by atoms with Crippen molar-refractivity contribution in [1.29, 1.82) is 0 Å². The number of hydrogen-bond donors (Lipinski definition) is 3. The molecule has 0 aliphatic carbocycles. The Bertz CT molecular complexity index is 445.